The first-order valence-corrected chi connectivity index (χ1v) is 17.3. The number of aryl methyl sites for hydroxylation is 2. The van der Waals surface area contributed by atoms with Crippen LogP contribution in [0.3, 0.4) is 0 Å². The molecule has 344 valence electrons. The normalized spacial score (nSPS) is 12.3. The molecule has 0 N–H and O–H groups in total. The Morgan fingerprint density at radius 3 is 0.923 bits per heavy atom. The van der Waals surface area contributed by atoms with Crippen LogP contribution in [0.15, 0.2) is 60.7 Å². The van der Waals surface area contributed by atoms with Crippen LogP contribution in [-0.2, 0) is 18.5 Å². The van der Waals surface area contributed by atoms with E-state index in [-0.39, 0.29) is 11.1 Å². The summed E-state index contributed by atoms with van der Waals surface area (Å²) in [6.07, 6.45) is -16.5. The van der Waals surface area contributed by atoms with Crippen LogP contribution in [0.4, 0.5) is 131 Å². The molecule has 0 aliphatic carbocycles. The molecule has 0 bridgehead atoms. The molecule has 6 aromatic rings. The highest BCUT2D eigenvalue weighted by Gasteiger charge is 2.45. The molecule has 0 atom stereocenters. The molecule has 6 rings (SSSR count). The van der Waals surface area contributed by atoms with E-state index < -0.39 is 161 Å². The SMILES string of the molecule is Cc1cc(N(c2ccc(N(c3c(F)c(F)c(-c4c(F)c(F)c(F)c(F)c4F)c(F)c3F)c3c(F)c(F)c(C(F)(F)F)c(F)c3F)cc2)c2cc(C)cc(C(F)(F)F)c2)cc(C(F)(F)F)c1. The molecule has 0 aliphatic rings. The highest BCUT2D eigenvalue weighted by Crippen LogP contribution is 2.50. The van der Waals surface area contributed by atoms with E-state index in [1.54, 1.807) is 0 Å². The molecular weight excluding hydrogens is 938 g/mol. The van der Waals surface area contributed by atoms with Crippen LogP contribution in [-0.4, -0.2) is 0 Å². The van der Waals surface area contributed by atoms with Gasteiger partial charge in [-0.1, -0.05) is 0 Å². The van der Waals surface area contributed by atoms with Crippen molar-refractivity contribution in [3.05, 3.63) is 164 Å². The van der Waals surface area contributed by atoms with E-state index in [4.69, 9.17) is 0 Å². The molecule has 0 aliphatic heterocycles. The summed E-state index contributed by atoms with van der Waals surface area (Å²) >= 11 is 0. The van der Waals surface area contributed by atoms with Crippen LogP contribution in [0, 0.1) is 89.5 Å². The summed E-state index contributed by atoms with van der Waals surface area (Å²) in [4.78, 5) is -0.232. The number of rotatable bonds is 7. The standard InChI is InChI=1S/C41H16F22N2/c1-13-7-15(39(55,56)57)11-19(9-13)64(20-10-14(2)8-16(12-20)40(58,59)60)17-3-5-18(6-4-17)65(38-35(53)28(46)23(41(61,62)63)29(47)36(38)54)37-33(51)26(44)22(27(45)34(37)52)21-24(42)30(48)32(50)31(49)25(21)43/h3-12H,1-2H3. The summed E-state index contributed by atoms with van der Waals surface area (Å²) in [5.41, 5.74) is -20.4. The summed E-state index contributed by atoms with van der Waals surface area (Å²) in [6.45, 7) is 2.25. The Balaban J connectivity index is 1.70. The summed E-state index contributed by atoms with van der Waals surface area (Å²) < 4.78 is 321. The maximum Gasteiger partial charge on any atom is 0.422 e. The minimum Gasteiger partial charge on any atom is -0.310 e. The van der Waals surface area contributed by atoms with Crippen LogP contribution in [0.1, 0.15) is 27.8 Å². The van der Waals surface area contributed by atoms with Gasteiger partial charge in [-0.25, -0.2) is 57.1 Å². The minimum absolute atomic E-state index is 0.173. The minimum atomic E-state index is -6.28. The van der Waals surface area contributed by atoms with Gasteiger partial charge in [-0.05, 0) is 85.6 Å². The first kappa shape index (κ1) is 47.8. The quantitative estimate of drug-likeness (QED) is 0.0894. The average Bonchev–Trinajstić information content (AvgIpc) is 3.20. The predicted molar refractivity (Wildman–Crippen MR) is 185 cm³/mol. The highest BCUT2D eigenvalue weighted by atomic mass is 19.4. The predicted octanol–water partition coefficient (Wildman–Crippen LogP) is 15.8. The summed E-state index contributed by atoms with van der Waals surface area (Å²) in [5, 5.41) is 0. The topological polar surface area (TPSA) is 6.48 Å². The van der Waals surface area contributed by atoms with Crippen LogP contribution < -0.4 is 9.80 Å². The highest BCUT2D eigenvalue weighted by molar-refractivity contribution is 5.84. The van der Waals surface area contributed by atoms with Crippen molar-refractivity contribution in [1.29, 1.82) is 0 Å². The molecule has 0 fully saturated rings. The molecule has 0 saturated carbocycles. The van der Waals surface area contributed by atoms with E-state index in [2.05, 4.69) is 0 Å². The number of hydrogen-bond acceptors (Lipinski definition) is 2. The van der Waals surface area contributed by atoms with Crippen LogP contribution in [0.25, 0.3) is 11.1 Å². The van der Waals surface area contributed by atoms with Gasteiger partial charge in [0.1, 0.15) is 16.9 Å². The molecule has 0 heterocycles. The van der Waals surface area contributed by atoms with Gasteiger partial charge >= 0.3 is 18.5 Å². The van der Waals surface area contributed by atoms with Gasteiger partial charge in [-0.15, -0.1) is 0 Å². The summed E-state index contributed by atoms with van der Waals surface area (Å²) in [7, 11) is 0. The zero-order valence-electron chi connectivity index (χ0n) is 31.5. The second-order valence-corrected chi connectivity index (χ2v) is 13.7. The Morgan fingerprint density at radius 1 is 0.308 bits per heavy atom. The van der Waals surface area contributed by atoms with Gasteiger partial charge < -0.3 is 4.90 Å². The van der Waals surface area contributed by atoms with Gasteiger partial charge in [0.05, 0.1) is 22.3 Å². The van der Waals surface area contributed by atoms with Gasteiger partial charge in [-0.2, -0.15) is 39.5 Å². The van der Waals surface area contributed by atoms with Gasteiger partial charge in [0.2, 0.25) is 5.82 Å². The Morgan fingerprint density at radius 2 is 0.600 bits per heavy atom. The van der Waals surface area contributed by atoms with Crippen molar-refractivity contribution in [2.75, 3.05) is 9.80 Å². The molecule has 0 unspecified atom stereocenters. The van der Waals surface area contributed by atoms with E-state index in [1.807, 2.05) is 0 Å². The number of halogens is 22. The molecule has 6 aromatic carbocycles. The van der Waals surface area contributed by atoms with Crippen LogP contribution >= 0.6 is 0 Å². The zero-order valence-corrected chi connectivity index (χ0v) is 31.5. The van der Waals surface area contributed by atoms with Crippen molar-refractivity contribution in [3.8, 4) is 11.1 Å². The largest absolute Gasteiger partial charge is 0.422 e. The summed E-state index contributed by atoms with van der Waals surface area (Å²) in [5.74, 6) is -40.8. The van der Waals surface area contributed by atoms with E-state index in [0.717, 1.165) is 26.0 Å². The molecule has 0 radical (unpaired) electrons. The number of alkyl halides is 9. The van der Waals surface area contributed by atoms with Crippen molar-refractivity contribution in [3.63, 3.8) is 0 Å². The molecule has 24 heteroatoms. The molecular formula is C41H16F22N2. The Labute approximate surface area is 348 Å². The van der Waals surface area contributed by atoms with E-state index in [9.17, 15) is 61.5 Å². The number of benzene rings is 6. The molecule has 0 aromatic heterocycles. The smallest absolute Gasteiger partial charge is 0.310 e. The second-order valence-electron chi connectivity index (χ2n) is 13.7. The lowest BCUT2D eigenvalue weighted by Gasteiger charge is -2.30. The first-order valence-electron chi connectivity index (χ1n) is 17.3. The monoisotopic (exact) mass is 954 g/mol. The Hall–Kier alpha value is -6.62. The lowest BCUT2D eigenvalue weighted by molar-refractivity contribution is -0.143. The lowest BCUT2D eigenvalue weighted by atomic mass is 9.99. The van der Waals surface area contributed by atoms with Crippen molar-refractivity contribution >= 4 is 34.1 Å². The maximum atomic E-state index is 16.1. The molecule has 0 spiro atoms. The fourth-order valence-electron chi connectivity index (χ4n) is 6.60. The van der Waals surface area contributed by atoms with E-state index in [0.29, 0.717) is 53.4 Å². The second kappa shape index (κ2) is 16.4. The zero-order chi connectivity index (χ0) is 48.7. The third-order valence-electron chi connectivity index (χ3n) is 9.33. The fourth-order valence-corrected chi connectivity index (χ4v) is 6.60. The van der Waals surface area contributed by atoms with Gasteiger partial charge in [0.25, 0.3) is 0 Å². The average molecular weight is 955 g/mol. The fraction of sp³-hybridized carbons (Fsp3) is 0.122. The third kappa shape index (κ3) is 8.33. The van der Waals surface area contributed by atoms with Gasteiger partial charge in [-0.3, -0.25) is 4.90 Å². The van der Waals surface area contributed by atoms with Gasteiger partial charge in [0.15, 0.2) is 69.8 Å². The maximum absolute atomic E-state index is 16.1. The summed E-state index contributed by atoms with van der Waals surface area (Å²) in [6, 6.07) is 5.71. The third-order valence-corrected chi connectivity index (χ3v) is 9.33. The first-order chi connectivity index (χ1) is 29.9. The van der Waals surface area contributed by atoms with Crippen molar-refractivity contribution in [2.24, 2.45) is 0 Å². The number of nitrogens with zero attached hydrogens (tertiary/aromatic N) is 2. The Kier molecular flexibility index (Phi) is 12.1. The van der Waals surface area contributed by atoms with E-state index in [1.165, 1.54) is 0 Å². The number of hydrogen-bond donors (Lipinski definition) is 0. The molecule has 0 amide bonds. The van der Waals surface area contributed by atoms with E-state index >= 15 is 35.1 Å². The molecule has 0 saturated heterocycles. The van der Waals surface area contributed by atoms with Crippen molar-refractivity contribution in [2.45, 2.75) is 32.4 Å². The van der Waals surface area contributed by atoms with Crippen molar-refractivity contribution < 1.29 is 96.6 Å². The molecule has 65 heavy (non-hydrogen) atoms. The van der Waals surface area contributed by atoms with Gasteiger partial charge in [0, 0.05) is 22.7 Å². The Bertz CT molecular complexity index is 2750. The lowest BCUT2D eigenvalue weighted by Crippen LogP contribution is -2.23. The van der Waals surface area contributed by atoms with Crippen molar-refractivity contribution in [1.82, 2.24) is 0 Å². The van der Waals surface area contributed by atoms with Crippen LogP contribution in [0.5, 0.6) is 0 Å². The molecule has 2 nitrogen and oxygen atoms in total. The van der Waals surface area contributed by atoms with Crippen LogP contribution in [0.2, 0.25) is 0 Å². The number of anilines is 6.